The van der Waals surface area contributed by atoms with E-state index in [1.54, 1.807) is 24.4 Å². The number of hydrogen-bond acceptors (Lipinski definition) is 7. The molecule has 1 radical (unpaired) electrons. The van der Waals surface area contributed by atoms with E-state index in [4.69, 9.17) is 8.83 Å². The molecule has 6 nitrogen and oxygen atoms in total. The molecule has 5 aromatic rings. The standard InChI is InChI=1S/C24H19N2O2S.C15H28O2.Ir/c1-5-29-19-9-6-14(12-17(19)24(2,3)4)21-20-16-7-8-18-15(10-11-27-18)22(16)28-23(20)26-13-25-21;1-7-14(5,8-2)12(16)11-13(17)15(6,9-3)10-4;/h5,7-13H,1H2,2-4H3;11,16H,7-10H2,1-6H3;/q-1;;/b;12-11-;. The maximum absolute atomic E-state index is 12.2. The van der Waals surface area contributed by atoms with Gasteiger partial charge >= 0.3 is 0 Å². The summed E-state index contributed by atoms with van der Waals surface area (Å²) in [6.07, 6.45) is 7.97. The fraction of sp³-hybridized carbons (Fsp3) is 0.410. The molecule has 0 saturated carbocycles. The van der Waals surface area contributed by atoms with E-state index in [0.717, 1.165) is 69.2 Å². The van der Waals surface area contributed by atoms with E-state index in [0.29, 0.717) is 5.71 Å². The van der Waals surface area contributed by atoms with Gasteiger partial charge in [0.25, 0.3) is 0 Å². The molecule has 0 unspecified atom stereocenters. The van der Waals surface area contributed by atoms with Crippen LogP contribution in [0.15, 0.2) is 80.5 Å². The Hall–Kier alpha value is -3.19. The van der Waals surface area contributed by atoms with E-state index in [-0.39, 0.29) is 47.9 Å². The largest absolute Gasteiger partial charge is 0.512 e. The number of thioether (sulfide) groups is 1. The monoisotopic (exact) mass is 832 g/mol. The third-order valence-electron chi connectivity index (χ3n) is 9.66. The van der Waals surface area contributed by atoms with Crippen molar-refractivity contribution in [1.82, 2.24) is 9.97 Å². The molecular formula is C39H47IrN2O4S-. The second-order valence-electron chi connectivity index (χ2n) is 13.4. The van der Waals surface area contributed by atoms with Crippen LogP contribution in [-0.2, 0) is 30.3 Å². The molecule has 0 bridgehead atoms. The maximum atomic E-state index is 12.2. The molecule has 2 aromatic carbocycles. The SMILES string of the molecule is C=CSc1c[c-]c(-c2ncnc3oc4c5ccoc5ccc4c23)cc1C(C)(C)C.CCC(C)(CC)C(=O)/C=C(\O)C(C)(CC)CC.[Ir]. The number of aromatic nitrogens is 2. The Morgan fingerprint density at radius 3 is 2.23 bits per heavy atom. The van der Waals surface area contributed by atoms with E-state index in [2.05, 4.69) is 49.5 Å². The van der Waals surface area contributed by atoms with Gasteiger partial charge in [0.1, 0.15) is 23.3 Å². The molecule has 3 aromatic heterocycles. The minimum atomic E-state index is -0.337. The predicted octanol–water partition coefficient (Wildman–Crippen LogP) is 11.8. The first-order valence-electron chi connectivity index (χ1n) is 16.1. The van der Waals surface area contributed by atoms with E-state index < -0.39 is 0 Å². The smallest absolute Gasteiger partial charge is 0.221 e. The quantitative estimate of drug-likeness (QED) is 0.0649. The second-order valence-corrected chi connectivity index (χ2v) is 14.4. The minimum Gasteiger partial charge on any atom is -0.512 e. The second kappa shape index (κ2) is 15.4. The van der Waals surface area contributed by atoms with Gasteiger partial charge in [-0.25, -0.2) is 4.98 Å². The number of aliphatic hydroxyl groups excluding tert-OH is 1. The van der Waals surface area contributed by atoms with Crippen LogP contribution in [0.3, 0.4) is 0 Å². The zero-order chi connectivity index (χ0) is 33.9. The molecule has 1 N–H and O–H groups in total. The van der Waals surface area contributed by atoms with Crippen LogP contribution in [0.5, 0.6) is 0 Å². The fourth-order valence-electron chi connectivity index (χ4n) is 5.39. The van der Waals surface area contributed by atoms with Crippen LogP contribution >= 0.6 is 11.8 Å². The Balaban J connectivity index is 0.000000290. The van der Waals surface area contributed by atoms with Crippen LogP contribution in [0.2, 0.25) is 0 Å². The topological polar surface area (TPSA) is 89.4 Å². The van der Waals surface area contributed by atoms with E-state index in [1.807, 2.05) is 71.2 Å². The van der Waals surface area contributed by atoms with E-state index >= 15 is 0 Å². The Morgan fingerprint density at radius 2 is 1.64 bits per heavy atom. The number of nitrogens with zero attached hydrogens (tertiary/aromatic N) is 2. The summed E-state index contributed by atoms with van der Waals surface area (Å²) in [6.45, 7) is 22.6. The molecule has 0 spiro atoms. The summed E-state index contributed by atoms with van der Waals surface area (Å²) in [5.74, 6) is 0.286. The first-order chi connectivity index (χ1) is 21.8. The van der Waals surface area contributed by atoms with Crippen molar-refractivity contribution < 1.29 is 38.8 Å². The Morgan fingerprint density at radius 1 is 0.979 bits per heavy atom. The van der Waals surface area contributed by atoms with Crippen LogP contribution in [0.1, 0.15) is 93.6 Å². The van der Waals surface area contributed by atoms with Gasteiger partial charge in [-0.3, -0.25) is 9.78 Å². The van der Waals surface area contributed by atoms with Crippen molar-refractivity contribution in [2.24, 2.45) is 10.8 Å². The van der Waals surface area contributed by atoms with Gasteiger partial charge < -0.3 is 13.9 Å². The van der Waals surface area contributed by atoms with Crippen molar-refractivity contribution in [2.45, 2.75) is 98.3 Å². The maximum Gasteiger partial charge on any atom is 0.221 e. The van der Waals surface area contributed by atoms with Crippen LogP contribution < -0.4 is 0 Å². The molecule has 253 valence electrons. The molecule has 8 heteroatoms. The van der Waals surface area contributed by atoms with Gasteiger partial charge in [0.2, 0.25) is 5.71 Å². The number of rotatable bonds is 10. The van der Waals surface area contributed by atoms with Crippen LogP contribution in [0, 0.1) is 16.9 Å². The summed E-state index contributed by atoms with van der Waals surface area (Å²) in [6, 6.07) is 13.5. The molecule has 5 rings (SSSR count). The predicted molar refractivity (Wildman–Crippen MR) is 191 cm³/mol. The Bertz CT molecular complexity index is 1890. The van der Waals surface area contributed by atoms with Crippen LogP contribution in [-0.4, -0.2) is 20.9 Å². The number of carbonyl (C=O) groups excluding carboxylic acids is 1. The van der Waals surface area contributed by atoms with Gasteiger partial charge in [0, 0.05) is 53.5 Å². The molecule has 47 heavy (non-hydrogen) atoms. The van der Waals surface area contributed by atoms with Gasteiger partial charge in [0.05, 0.1) is 11.6 Å². The van der Waals surface area contributed by atoms with Gasteiger partial charge in [-0.1, -0.05) is 73.8 Å². The summed E-state index contributed by atoms with van der Waals surface area (Å²) in [5.41, 5.74) is 4.46. The molecule has 0 aliphatic heterocycles. The number of furan rings is 2. The molecule has 3 heterocycles. The molecular weight excluding hydrogens is 785 g/mol. The molecule has 0 atom stereocenters. The fourth-order valence-corrected chi connectivity index (χ4v) is 6.18. The summed E-state index contributed by atoms with van der Waals surface area (Å²) in [4.78, 5) is 22.3. The number of ketones is 1. The number of carbonyl (C=O) groups is 1. The molecule has 0 aliphatic rings. The molecule has 0 aliphatic carbocycles. The number of fused-ring (bicyclic) bond motifs is 5. The van der Waals surface area contributed by atoms with Gasteiger partial charge in [-0.05, 0) is 54.7 Å². The molecule has 0 fully saturated rings. The van der Waals surface area contributed by atoms with Crippen LogP contribution in [0.4, 0.5) is 0 Å². The zero-order valence-electron chi connectivity index (χ0n) is 29.0. The Kier molecular flexibility index (Phi) is 12.5. The molecule has 0 saturated heterocycles. The van der Waals surface area contributed by atoms with Gasteiger partial charge in [0.15, 0.2) is 5.78 Å². The zero-order valence-corrected chi connectivity index (χ0v) is 32.3. The first-order valence-corrected chi connectivity index (χ1v) is 17.0. The normalized spacial score (nSPS) is 12.6. The summed E-state index contributed by atoms with van der Waals surface area (Å²) < 4.78 is 11.6. The third-order valence-corrected chi connectivity index (χ3v) is 10.4. The van der Waals surface area contributed by atoms with Crippen molar-refractivity contribution in [3.63, 3.8) is 0 Å². The van der Waals surface area contributed by atoms with Crippen molar-refractivity contribution in [3.8, 4) is 11.3 Å². The Labute approximate surface area is 296 Å². The molecule has 0 amide bonds. The van der Waals surface area contributed by atoms with E-state index in [1.165, 1.54) is 11.6 Å². The number of allylic oxidation sites excluding steroid dienone is 2. The number of benzene rings is 2. The summed E-state index contributed by atoms with van der Waals surface area (Å²) >= 11 is 1.61. The summed E-state index contributed by atoms with van der Waals surface area (Å²) in [5, 5.41) is 14.8. The van der Waals surface area contributed by atoms with Gasteiger partial charge in [-0.2, -0.15) is 11.8 Å². The van der Waals surface area contributed by atoms with Crippen molar-refractivity contribution >= 4 is 50.6 Å². The number of hydrogen-bond donors (Lipinski definition) is 1. The average molecular weight is 832 g/mol. The van der Waals surface area contributed by atoms with Crippen molar-refractivity contribution in [2.75, 3.05) is 0 Å². The van der Waals surface area contributed by atoms with Crippen molar-refractivity contribution in [3.05, 3.63) is 78.4 Å². The average Bonchev–Trinajstić information content (AvgIpc) is 3.69. The first kappa shape index (κ1) is 38.3. The van der Waals surface area contributed by atoms with Gasteiger partial charge in [-0.15, -0.1) is 29.3 Å². The van der Waals surface area contributed by atoms with Crippen molar-refractivity contribution in [1.29, 1.82) is 0 Å². The number of aliphatic hydroxyl groups is 1. The third kappa shape index (κ3) is 7.77. The summed E-state index contributed by atoms with van der Waals surface area (Å²) in [7, 11) is 0. The van der Waals surface area contributed by atoms with E-state index in [9.17, 15) is 9.90 Å². The minimum absolute atomic E-state index is 0. The van der Waals surface area contributed by atoms with Crippen LogP contribution in [0.25, 0.3) is 44.3 Å².